The van der Waals surface area contributed by atoms with Crippen molar-refractivity contribution >= 4 is 41.3 Å². The number of rotatable bonds is 6. The van der Waals surface area contributed by atoms with E-state index in [2.05, 4.69) is 45.0 Å². The van der Waals surface area contributed by atoms with Crippen molar-refractivity contribution in [2.45, 2.75) is 31.7 Å². The number of ether oxygens (including phenoxy) is 1. The Labute approximate surface area is 166 Å². The molecule has 0 bridgehead atoms. The first-order valence-electron chi connectivity index (χ1n) is 8.16. The SMILES string of the molecule is CN=C(NCCc1csc(C)n1)NCC1(N(C)C)CCOCC1.I. The highest BCUT2D eigenvalue weighted by molar-refractivity contribution is 14.0. The standard InChI is InChI=1S/C16H29N5OS.HI/c1-13-20-14(11-23-13)5-8-18-15(17-2)19-12-16(21(3)4)6-9-22-10-7-16;/h11H,5-10,12H2,1-4H3,(H2,17,18,19);1H. The Hall–Kier alpha value is -0.450. The quantitative estimate of drug-likeness (QED) is 0.380. The van der Waals surface area contributed by atoms with Gasteiger partial charge in [0.2, 0.25) is 0 Å². The first-order chi connectivity index (χ1) is 11.1. The lowest BCUT2D eigenvalue weighted by Crippen LogP contribution is -2.57. The number of thiazole rings is 1. The molecule has 1 aliphatic heterocycles. The van der Waals surface area contributed by atoms with Crippen molar-refractivity contribution in [2.24, 2.45) is 4.99 Å². The largest absolute Gasteiger partial charge is 0.381 e. The number of aromatic nitrogens is 1. The maximum absolute atomic E-state index is 5.52. The van der Waals surface area contributed by atoms with Gasteiger partial charge in [-0.2, -0.15) is 0 Å². The number of hydrogen-bond acceptors (Lipinski definition) is 5. The van der Waals surface area contributed by atoms with Crippen LogP contribution in [0.15, 0.2) is 10.4 Å². The summed E-state index contributed by atoms with van der Waals surface area (Å²) >= 11 is 1.70. The van der Waals surface area contributed by atoms with Crippen LogP contribution in [0.4, 0.5) is 0 Å². The highest BCUT2D eigenvalue weighted by Gasteiger charge is 2.34. The van der Waals surface area contributed by atoms with E-state index in [0.29, 0.717) is 0 Å². The molecule has 0 saturated carbocycles. The number of hydrogen-bond donors (Lipinski definition) is 2. The van der Waals surface area contributed by atoms with Gasteiger partial charge in [0.25, 0.3) is 0 Å². The van der Waals surface area contributed by atoms with Crippen molar-refractivity contribution in [2.75, 3.05) is 47.4 Å². The van der Waals surface area contributed by atoms with Crippen molar-refractivity contribution in [3.63, 3.8) is 0 Å². The number of halogens is 1. The van der Waals surface area contributed by atoms with Gasteiger partial charge in [-0.3, -0.25) is 4.99 Å². The minimum Gasteiger partial charge on any atom is -0.381 e. The first-order valence-corrected chi connectivity index (χ1v) is 9.04. The maximum atomic E-state index is 5.52. The molecule has 1 fully saturated rings. The molecule has 6 nitrogen and oxygen atoms in total. The summed E-state index contributed by atoms with van der Waals surface area (Å²) in [4.78, 5) is 11.1. The second-order valence-corrected chi connectivity index (χ2v) is 7.25. The minimum atomic E-state index is 0. The summed E-state index contributed by atoms with van der Waals surface area (Å²) in [6.07, 6.45) is 3.00. The van der Waals surface area contributed by atoms with Gasteiger partial charge in [0.15, 0.2) is 5.96 Å². The van der Waals surface area contributed by atoms with Crippen LogP contribution in [0.2, 0.25) is 0 Å². The predicted molar refractivity (Wildman–Crippen MR) is 112 cm³/mol. The van der Waals surface area contributed by atoms with Gasteiger partial charge in [-0.15, -0.1) is 35.3 Å². The van der Waals surface area contributed by atoms with Gasteiger partial charge >= 0.3 is 0 Å². The van der Waals surface area contributed by atoms with E-state index >= 15 is 0 Å². The average Bonchev–Trinajstić information content (AvgIpc) is 2.96. The molecule has 0 aromatic carbocycles. The van der Waals surface area contributed by atoms with Gasteiger partial charge in [-0.05, 0) is 33.9 Å². The van der Waals surface area contributed by atoms with Crippen molar-refractivity contribution in [3.05, 3.63) is 16.1 Å². The van der Waals surface area contributed by atoms with Crippen LogP contribution >= 0.6 is 35.3 Å². The summed E-state index contributed by atoms with van der Waals surface area (Å²) in [7, 11) is 6.11. The zero-order chi connectivity index (χ0) is 16.7. The molecule has 24 heavy (non-hydrogen) atoms. The summed E-state index contributed by atoms with van der Waals surface area (Å²) in [6, 6.07) is 0. The zero-order valence-electron chi connectivity index (χ0n) is 15.1. The van der Waals surface area contributed by atoms with Crippen LogP contribution in [-0.2, 0) is 11.2 Å². The third-order valence-electron chi connectivity index (χ3n) is 4.52. The Bertz CT molecular complexity index is 514. The lowest BCUT2D eigenvalue weighted by atomic mass is 9.88. The fraction of sp³-hybridized carbons (Fsp3) is 0.750. The van der Waals surface area contributed by atoms with E-state index in [1.165, 1.54) is 0 Å². The van der Waals surface area contributed by atoms with E-state index < -0.39 is 0 Å². The minimum absolute atomic E-state index is 0. The lowest BCUT2D eigenvalue weighted by molar-refractivity contribution is -0.00501. The summed E-state index contributed by atoms with van der Waals surface area (Å²) < 4.78 is 5.52. The van der Waals surface area contributed by atoms with Crippen LogP contribution in [0.3, 0.4) is 0 Å². The van der Waals surface area contributed by atoms with Crippen LogP contribution in [0.5, 0.6) is 0 Å². The molecule has 2 N–H and O–H groups in total. The van der Waals surface area contributed by atoms with Gasteiger partial charge in [0, 0.05) is 50.7 Å². The summed E-state index contributed by atoms with van der Waals surface area (Å²) in [5.41, 5.74) is 1.28. The molecule has 2 rings (SSSR count). The third kappa shape index (κ3) is 6.12. The normalized spacial score (nSPS) is 17.5. The third-order valence-corrected chi connectivity index (χ3v) is 5.34. The Balaban J connectivity index is 0.00000288. The van der Waals surface area contributed by atoms with Crippen LogP contribution in [-0.4, -0.2) is 68.8 Å². The van der Waals surface area contributed by atoms with Gasteiger partial charge in [0.1, 0.15) is 0 Å². The van der Waals surface area contributed by atoms with Gasteiger partial charge in [0.05, 0.1) is 10.7 Å². The number of aryl methyl sites for hydroxylation is 1. The topological polar surface area (TPSA) is 61.8 Å². The monoisotopic (exact) mass is 467 g/mol. The average molecular weight is 467 g/mol. The van der Waals surface area contributed by atoms with Crippen molar-refractivity contribution in [1.82, 2.24) is 20.5 Å². The molecule has 1 aromatic heterocycles. The van der Waals surface area contributed by atoms with Gasteiger partial charge in [-0.25, -0.2) is 4.98 Å². The smallest absolute Gasteiger partial charge is 0.191 e. The molecule has 1 saturated heterocycles. The number of aliphatic imine (C=N–C) groups is 1. The van der Waals surface area contributed by atoms with E-state index in [0.717, 1.165) is 62.2 Å². The van der Waals surface area contributed by atoms with Crippen LogP contribution in [0.25, 0.3) is 0 Å². The molecular weight excluding hydrogens is 437 g/mol. The molecule has 2 heterocycles. The van der Waals surface area contributed by atoms with Crippen LogP contribution in [0, 0.1) is 6.92 Å². The van der Waals surface area contributed by atoms with E-state index in [4.69, 9.17) is 4.74 Å². The Morgan fingerprint density at radius 3 is 2.62 bits per heavy atom. The van der Waals surface area contributed by atoms with Crippen molar-refractivity contribution < 1.29 is 4.74 Å². The van der Waals surface area contributed by atoms with E-state index in [1.54, 1.807) is 11.3 Å². The summed E-state index contributed by atoms with van der Waals surface area (Å²) in [6.45, 7) is 5.40. The molecule has 0 radical (unpaired) electrons. The second kappa shape index (κ2) is 10.5. The molecule has 1 aromatic rings. The highest BCUT2D eigenvalue weighted by atomic mass is 127. The molecule has 0 spiro atoms. The first kappa shape index (κ1) is 21.6. The number of nitrogens with zero attached hydrogens (tertiary/aromatic N) is 3. The molecule has 0 unspecified atom stereocenters. The second-order valence-electron chi connectivity index (χ2n) is 6.19. The number of likely N-dealkylation sites (N-methyl/N-ethyl adjacent to an activating group) is 1. The molecule has 0 amide bonds. The van der Waals surface area contributed by atoms with Crippen LogP contribution < -0.4 is 10.6 Å². The van der Waals surface area contributed by atoms with Crippen LogP contribution in [0.1, 0.15) is 23.5 Å². The zero-order valence-corrected chi connectivity index (χ0v) is 18.2. The fourth-order valence-electron chi connectivity index (χ4n) is 2.83. The molecule has 1 aliphatic rings. The molecular formula is C16H30IN5OS. The fourth-order valence-corrected chi connectivity index (χ4v) is 3.48. The molecule has 8 heteroatoms. The molecule has 138 valence electrons. The Morgan fingerprint density at radius 1 is 1.38 bits per heavy atom. The van der Waals surface area contributed by atoms with Crippen molar-refractivity contribution in [3.8, 4) is 0 Å². The molecule has 0 atom stereocenters. The number of guanidine groups is 1. The lowest BCUT2D eigenvalue weighted by Gasteiger charge is -2.43. The van der Waals surface area contributed by atoms with E-state index in [1.807, 2.05) is 14.0 Å². The van der Waals surface area contributed by atoms with E-state index in [-0.39, 0.29) is 29.5 Å². The highest BCUT2D eigenvalue weighted by Crippen LogP contribution is 2.24. The number of nitrogens with one attached hydrogen (secondary N) is 2. The molecule has 0 aliphatic carbocycles. The maximum Gasteiger partial charge on any atom is 0.191 e. The van der Waals surface area contributed by atoms with Gasteiger partial charge < -0.3 is 20.3 Å². The van der Waals surface area contributed by atoms with Crippen molar-refractivity contribution in [1.29, 1.82) is 0 Å². The Kier molecular flexibility index (Phi) is 9.47. The summed E-state index contributed by atoms with van der Waals surface area (Å²) in [5, 5.41) is 10.1. The van der Waals surface area contributed by atoms with E-state index in [9.17, 15) is 0 Å². The summed E-state index contributed by atoms with van der Waals surface area (Å²) in [5.74, 6) is 0.852. The van der Waals surface area contributed by atoms with Gasteiger partial charge in [-0.1, -0.05) is 0 Å². The Morgan fingerprint density at radius 2 is 2.08 bits per heavy atom. The predicted octanol–water partition coefficient (Wildman–Crippen LogP) is 1.89.